The second-order valence-electron chi connectivity index (χ2n) is 12.5. The van der Waals surface area contributed by atoms with E-state index in [4.69, 9.17) is 15.2 Å². The van der Waals surface area contributed by atoms with Gasteiger partial charge in [0.2, 0.25) is 0 Å². The fourth-order valence-electron chi connectivity index (χ4n) is 5.09. The Morgan fingerprint density at radius 3 is 1.64 bits per heavy atom. The first-order chi connectivity index (χ1) is 21.3. The Kier molecular flexibility index (Phi) is 37.7. The Morgan fingerprint density at radius 2 is 1.09 bits per heavy atom. The lowest BCUT2D eigenvalue weighted by molar-refractivity contribution is -0.150. The SMILES string of the molecule is CCCCCOC(=O)CCCCCCCN(CCCN)CCCCCCCC(=O)OC(CCCC)CCCCC.CN(C)S.[HH]. The standard InChI is InChI=1S/C34H68N2O4.C2H7NS.H2/c1-4-7-16-24-32(23-9-6-3)40-34(38)26-18-13-11-15-20-29-36(30-22-27-35)28-19-14-10-12-17-25-33(37)39-31-21-8-5-2;1-3(2)4;/h32H,4-31,35H2,1-3H3;4H,1-2H3;1H. The molecule has 0 fully saturated rings. The van der Waals surface area contributed by atoms with E-state index in [1.54, 1.807) is 4.31 Å². The fraction of sp³-hybridized carbons (Fsp3) is 0.944. The number of ether oxygens (including phenoxy) is 2. The molecule has 0 aliphatic heterocycles. The average Bonchev–Trinajstić information content (AvgIpc) is 2.99. The van der Waals surface area contributed by atoms with Crippen LogP contribution in [0.3, 0.4) is 0 Å². The lowest BCUT2D eigenvalue weighted by atomic mass is 10.1. The highest BCUT2D eigenvalue weighted by Gasteiger charge is 2.14. The molecule has 0 aromatic heterocycles. The summed E-state index contributed by atoms with van der Waals surface area (Å²) in [6.45, 7) is 11.3. The number of carbonyl (C=O) groups excluding carboxylic acids is 2. The molecule has 0 amide bonds. The number of nitrogens with zero attached hydrogens (tertiary/aromatic N) is 2. The van der Waals surface area contributed by atoms with Crippen LogP contribution in [0.5, 0.6) is 0 Å². The maximum Gasteiger partial charge on any atom is 0.306 e. The molecule has 266 valence electrons. The highest BCUT2D eigenvalue weighted by Crippen LogP contribution is 2.16. The molecule has 44 heavy (non-hydrogen) atoms. The first kappa shape index (κ1) is 45.3. The van der Waals surface area contributed by atoms with E-state index < -0.39 is 0 Å². The van der Waals surface area contributed by atoms with Crippen LogP contribution >= 0.6 is 12.8 Å². The van der Waals surface area contributed by atoms with Gasteiger partial charge in [-0.1, -0.05) is 111 Å². The van der Waals surface area contributed by atoms with Crippen molar-refractivity contribution in [3.63, 3.8) is 0 Å². The topological polar surface area (TPSA) is 85.1 Å². The number of thiol groups is 1. The van der Waals surface area contributed by atoms with E-state index in [0.29, 0.717) is 19.4 Å². The summed E-state index contributed by atoms with van der Waals surface area (Å²) in [5.74, 6) is -0.0225. The van der Waals surface area contributed by atoms with Crippen molar-refractivity contribution < 1.29 is 20.5 Å². The van der Waals surface area contributed by atoms with Crippen LogP contribution in [0.4, 0.5) is 0 Å². The third kappa shape index (κ3) is 37.4. The summed E-state index contributed by atoms with van der Waals surface area (Å²) < 4.78 is 12.8. The summed E-state index contributed by atoms with van der Waals surface area (Å²) in [5, 5.41) is 0. The van der Waals surface area contributed by atoms with Gasteiger partial charge in [-0.15, -0.1) is 0 Å². The van der Waals surface area contributed by atoms with Crippen LogP contribution in [0.25, 0.3) is 0 Å². The second-order valence-corrected chi connectivity index (χ2v) is 13.3. The van der Waals surface area contributed by atoms with Crippen molar-refractivity contribution >= 4 is 24.8 Å². The van der Waals surface area contributed by atoms with Gasteiger partial charge in [-0.3, -0.25) is 13.9 Å². The zero-order valence-corrected chi connectivity index (χ0v) is 30.8. The molecule has 7 nitrogen and oxygen atoms in total. The van der Waals surface area contributed by atoms with Gasteiger partial charge >= 0.3 is 11.9 Å². The number of carbonyl (C=O) groups is 2. The van der Waals surface area contributed by atoms with Gasteiger partial charge in [-0.25, -0.2) is 0 Å². The summed E-state index contributed by atoms with van der Waals surface area (Å²) in [6, 6.07) is 0. The lowest BCUT2D eigenvalue weighted by Gasteiger charge is -2.22. The first-order valence-corrected chi connectivity index (χ1v) is 18.8. The molecule has 0 saturated heterocycles. The highest BCUT2D eigenvalue weighted by molar-refractivity contribution is 7.77. The zero-order chi connectivity index (χ0) is 33.1. The van der Waals surface area contributed by atoms with E-state index in [9.17, 15) is 9.59 Å². The summed E-state index contributed by atoms with van der Waals surface area (Å²) in [4.78, 5) is 26.7. The lowest BCUT2D eigenvalue weighted by Crippen LogP contribution is -2.28. The van der Waals surface area contributed by atoms with Crippen LogP contribution in [0, 0.1) is 0 Å². The van der Waals surface area contributed by atoms with Gasteiger partial charge in [0.15, 0.2) is 0 Å². The van der Waals surface area contributed by atoms with E-state index in [0.717, 1.165) is 110 Å². The summed E-state index contributed by atoms with van der Waals surface area (Å²) in [7, 11) is 3.73. The molecule has 1 unspecified atom stereocenters. The van der Waals surface area contributed by atoms with Crippen LogP contribution in [0.1, 0.15) is 170 Å². The Hall–Kier alpha value is -0.830. The molecule has 0 aromatic carbocycles. The van der Waals surface area contributed by atoms with E-state index in [2.05, 4.69) is 38.5 Å². The first-order valence-electron chi connectivity index (χ1n) is 18.4. The van der Waals surface area contributed by atoms with E-state index in [1.165, 1.54) is 51.4 Å². The van der Waals surface area contributed by atoms with Crippen LogP contribution in [-0.4, -0.2) is 74.1 Å². The van der Waals surface area contributed by atoms with E-state index >= 15 is 0 Å². The quantitative estimate of drug-likeness (QED) is 0.0441. The molecule has 1 atom stereocenters. The van der Waals surface area contributed by atoms with Crippen molar-refractivity contribution in [1.82, 2.24) is 9.21 Å². The minimum Gasteiger partial charge on any atom is -0.466 e. The molecule has 0 saturated carbocycles. The van der Waals surface area contributed by atoms with Crippen molar-refractivity contribution in [1.29, 1.82) is 0 Å². The Morgan fingerprint density at radius 1 is 0.636 bits per heavy atom. The summed E-state index contributed by atoms with van der Waals surface area (Å²) >= 11 is 3.80. The van der Waals surface area contributed by atoms with Gasteiger partial charge in [0.25, 0.3) is 0 Å². The highest BCUT2D eigenvalue weighted by atomic mass is 32.1. The minimum atomic E-state index is -0.0298. The smallest absolute Gasteiger partial charge is 0.306 e. The molecule has 0 heterocycles. The summed E-state index contributed by atoms with van der Waals surface area (Å²) in [6.07, 6.45) is 24.9. The number of unbranched alkanes of at least 4 members (excludes halogenated alkanes) is 13. The predicted octanol–water partition coefficient (Wildman–Crippen LogP) is 9.37. The van der Waals surface area contributed by atoms with Gasteiger partial charge in [0.05, 0.1) is 6.61 Å². The normalized spacial score (nSPS) is 11.8. The van der Waals surface area contributed by atoms with Gasteiger partial charge in [0, 0.05) is 14.3 Å². The van der Waals surface area contributed by atoms with Crippen LogP contribution in [0.15, 0.2) is 0 Å². The van der Waals surface area contributed by atoms with Crippen molar-refractivity contribution in [3.05, 3.63) is 0 Å². The Balaban J connectivity index is -0.00000331. The van der Waals surface area contributed by atoms with Crippen LogP contribution < -0.4 is 5.73 Å². The molecule has 0 aromatic rings. The third-order valence-corrected chi connectivity index (χ3v) is 7.71. The number of hydrogen-bond acceptors (Lipinski definition) is 8. The average molecular weight is 648 g/mol. The number of rotatable bonds is 31. The molecule has 0 bridgehead atoms. The summed E-state index contributed by atoms with van der Waals surface area (Å²) in [5.41, 5.74) is 5.77. The monoisotopic (exact) mass is 648 g/mol. The molecule has 0 aliphatic carbocycles. The van der Waals surface area contributed by atoms with Crippen LogP contribution in [0.2, 0.25) is 0 Å². The molecular formula is C36H77N3O4S. The van der Waals surface area contributed by atoms with Crippen molar-refractivity contribution in [2.24, 2.45) is 5.73 Å². The van der Waals surface area contributed by atoms with Crippen LogP contribution in [-0.2, 0) is 19.1 Å². The molecule has 0 radical (unpaired) electrons. The molecule has 0 rings (SSSR count). The maximum atomic E-state index is 12.3. The van der Waals surface area contributed by atoms with Gasteiger partial charge in [0.1, 0.15) is 6.10 Å². The molecule has 8 heteroatoms. The van der Waals surface area contributed by atoms with E-state index in [1.807, 2.05) is 14.1 Å². The largest absolute Gasteiger partial charge is 0.466 e. The molecule has 2 N–H and O–H groups in total. The zero-order valence-electron chi connectivity index (χ0n) is 29.9. The van der Waals surface area contributed by atoms with Gasteiger partial charge < -0.3 is 20.1 Å². The van der Waals surface area contributed by atoms with Crippen molar-refractivity contribution in [3.8, 4) is 0 Å². The second kappa shape index (κ2) is 36.6. The number of hydrogen-bond donors (Lipinski definition) is 2. The maximum absolute atomic E-state index is 12.3. The molecule has 0 aliphatic rings. The van der Waals surface area contributed by atoms with Crippen molar-refractivity contribution in [2.75, 3.05) is 46.9 Å². The van der Waals surface area contributed by atoms with Gasteiger partial charge in [-0.2, -0.15) is 0 Å². The van der Waals surface area contributed by atoms with Gasteiger partial charge in [-0.05, 0) is 98.1 Å². The predicted molar refractivity (Wildman–Crippen MR) is 194 cm³/mol. The van der Waals surface area contributed by atoms with E-state index in [-0.39, 0.29) is 19.5 Å². The van der Waals surface area contributed by atoms with Crippen molar-refractivity contribution in [2.45, 2.75) is 175 Å². The number of esters is 2. The molecule has 0 spiro atoms. The third-order valence-electron chi connectivity index (χ3n) is 7.71. The Bertz CT molecular complexity index is 614. The molecular weight excluding hydrogens is 570 g/mol. The minimum absolute atomic E-state index is 0. The number of nitrogens with two attached hydrogens (primary N) is 1. The fourth-order valence-corrected chi connectivity index (χ4v) is 5.09. The Labute approximate surface area is 281 Å².